The number of carboxylic acid groups (broad SMARTS) is 1. The average Bonchev–Trinajstić information content (AvgIpc) is 3.07. The molecule has 1 aliphatic heterocycles. The minimum absolute atomic E-state index is 0.0370. The zero-order valence-electron chi connectivity index (χ0n) is 11.1. The Labute approximate surface area is 108 Å². The number of carbonyl (C=O) groups excluding carboxylic acids is 1. The summed E-state index contributed by atoms with van der Waals surface area (Å²) in [5, 5.41) is 9.10. The van der Waals surface area contributed by atoms with E-state index >= 15 is 0 Å². The number of rotatable bonds is 4. The van der Waals surface area contributed by atoms with Gasteiger partial charge in [-0.05, 0) is 25.2 Å². The van der Waals surface area contributed by atoms with E-state index in [0.29, 0.717) is 19.1 Å². The molecule has 102 valence electrons. The van der Waals surface area contributed by atoms with Crippen molar-refractivity contribution in [3.63, 3.8) is 0 Å². The van der Waals surface area contributed by atoms with Gasteiger partial charge in [0.2, 0.25) is 0 Å². The first-order valence-electron chi connectivity index (χ1n) is 6.83. The molecule has 2 unspecified atom stereocenters. The molecule has 2 aliphatic rings. The normalized spacial score (nSPS) is 27.3. The summed E-state index contributed by atoms with van der Waals surface area (Å²) in [4.78, 5) is 27.1. The molecule has 0 aromatic rings. The molecule has 1 aliphatic carbocycles. The second-order valence-corrected chi connectivity index (χ2v) is 5.53. The van der Waals surface area contributed by atoms with Crippen molar-refractivity contribution in [3.8, 4) is 0 Å². The number of amides is 2. The third-order valence-corrected chi connectivity index (χ3v) is 3.90. The zero-order chi connectivity index (χ0) is 13.3. The standard InChI is InChI=1S/C13H22N2O3/c1-3-6-15(10-4-5-10)13(18)14-7-9(2)11(8-14)12(16)17/h9-11H,3-8H2,1-2H3,(H,16,17). The van der Waals surface area contributed by atoms with Gasteiger partial charge in [-0.1, -0.05) is 13.8 Å². The molecule has 1 heterocycles. The number of likely N-dealkylation sites (tertiary alicyclic amines) is 1. The van der Waals surface area contributed by atoms with Crippen molar-refractivity contribution < 1.29 is 14.7 Å². The van der Waals surface area contributed by atoms with Crippen LogP contribution in [0.15, 0.2) is 0 Å². The largest absolute Gasteiger partial charge is 0.481 e. The number of carboxylic acids is 1. The zero-order valence-corrected chi connectivity index (χ0v) is 11.1. The number of nitrogens with zero attached hydrogens (tertiary/aromatic N) is 2. The van der Waals surface area contributed by atoms with Crippen LogP contribution in [0.25, 0.3) is 0 Å². The molecule has 0 spiro atoms. The summed E-state index contributed by atoms with van der Waals surface area (Å²) in [6.07, 6.45) is 3.14. The van der Waals surface area contributed by atoms with Gasteiger partial charge in [0.1, 0.15) is 0 Å². The third kappa shape index (κ3) is 2.60. The van der Waals surface area contributed by atoms with Crippen molar-refractivity contribution in [1.82, 2.24) is 9.80 Å². The maximum Gasteiger partial charge on any atom is 0.320 e. The number of urea groups is 1. The summed E-state index contributed by atoms with van der Waals surface area (Å²) in [5.74, 6) is -1.14. The van der Waals surface area contributed by atoms with Crippen LogP contribution in [-0.4, -0.2) is 52.6 Å². The Bertz CT molecular complexity index is 341. The van der Waals surface area contributed by atoms with E-state index in [1.165, 1.54) is 0 Å². The molecule has 5 nitrogen and oxygen atoms in total. The van der Waals surface area contributed by atoms with Gasteiger partial charge in [0.25, 0.3) is 0 Å². The van der Waals surface area contributed by atoms with E-state index in [1.54, 1.807) is 4.90 Å². The number of aliphatic carboxylic acids is 1. The maximum atomic E-state index is 12.4. The van der Waals surface area contributed by atoms with Crippen LogP contribution in [0.4, 0.5) is 4.79 Å². The average molecular weight is 254 g/mol. The van der Waals surface area contributed by atoms with Gasteiger partial charge in [-0.3, -0.25) is 4.79 Å². The van der Waals surface area contributed by atoms with E-state index in [4.69, 9.17) is 5.11 Å². The van der Waals surface area contributed by atoms with Crippen LogP contribution >= 0.6 is 0 Å². The highest BCUT2D eigenvalue weighted by molar-refractivity contribution is 5.78. The first-order valence-corrected chi connectivity index (χ1v) is 6.83. The van der Waals surface area contributed by atoms with E-state index < -0.39 is 11.9 Å². The fourth-order valence-corrected chi connectivity index (χ4v) is 2.69. The number of hydrogen-bond donors (Lipinski definition) is 1. The van der Waals surface area contributed by atoms with Crippen molar-refractivity contribution >= 4 is 12.0 Å². The maximum absolute atomic E-state index is 12.4. The SMILES string of the molecule is CCCN(C(=O)N1CC(C)C(C(=O)O)C1)C1CC1. The van der Waals surface area contributed by atoms with Crippen LogP contribution in [-0.2, 0) is 4.79 Å². The lowest BCUT2D eigenvalue weighted by Gasteiger charge is -2.27. The van der Waals surface area contributed by atoms with Gasteiger partial charge in [0.05, 0.1) is 5.92 Å². The molecule has 0 radical (unpaired) electrons. The van der Waals surface area contributed by atoms with E-state index in [1.807, 2.05) is 11.8 Å². The Hall–Kier alpha value is -1.26. The predicted molar refractivity (Wildman–Crippen MR) is 67.3 cm³/mol. The first-order chi connectivity index (χ1) is 8.54. The Kier molecular flexibility index (Phi) is 3.78. The lowest BCUT2D eigenvalue weighted by molar-refractivity contribution is -0.142. The molecule has 5 heteroatoms. The van der Waals surface area contributed by atoms with E-state index in [9.17, 15) is 9.59 Å². The van der Waals surface area contributed by atoms with Crippen LogP contribution < -0.4 is 0 Å². The molecule has 1 N–H and O–H groups in total. The Morgan fingerprint density at radius 1 is 1.33 bits per heavy atom. The Morgan fingerprint density at radius 2 is 2.00 bits per heavy atom. The molecule has 0 aromatic carbocycles. The lowest BCUT2D eigenvalue weighted by atomic mass is 9.99. The van der Waals surface area contributed by atoms with Crippen molar-refractivity contribution in [2.24, 2.45) is 11.8 Å². The predicted octanol–water partition coefficient (Wildman–Crippen LogP) is 1.63. The third-order valence-electron chi connectivity index (χ3n) is 3.90. The molecular formula is C13H22N2O3. The van der Waals surface area contributed by atoms with Gasteiger partial charge in [0, 0.05) is 25.7 Å². The van der Waals surface area contributed by atoms with Gasteiger partial charge in [0.15, 0.2) is 0 Å². The molecule has 0 aromatic heterocycles. The molecule has 18 heavy (non-hydrogen) atoms. The molecule has 0 bridgehead atoms. The second kappa shape index (κ2) is 5.16. The Balaban J connectivity index is 1.98. The van der Waals surface area contributed by atoms with Gasteiger partial charge in [-0.25, -0.2) is 4.79 Å². The van der Waals surface area contributed by atoms with Crippen LogP contribution in [0.2, 0.25) is 0 Å². The lowest BCUT2D eigenvalue weighted by Crippen LogP contribution is -2.44. The van der Waals surface area contributed by atoms with Crippen molar-refractivity contribution in [2.75, 3.05) is 19.6 Å². The van der Waals surface area contributed by atoms with Crippen LogP contribution in [0.5, 0.6) is 0 Å². The molecule has 1 saturated carbocycles. The minimum Gasteiger partial charge on any atom is -0.481 e. The quantitative estimate of drug-likeness (QED) is 0.829. The van der Waals surface area contributed by atoms with Crippen molar-refractivity contribution in [2.45, 2.75) is 39.2 Å². The van der Waals surface area contributed by atoms with Crippen LogP contribution in [0.1, 0.15) is 33.1 Å². The van der Waals surface area contributed by atoms with E-state index in [-0.39, 0.29) is 11.9 Å². The highest BCUT2D eigenvalue weighted by Crippen LogP contribution is 2.30. The Morgan fingerprint density at radius 3 is 2.44 bits per heavy atom. The van der Waals surface area contributed by atoms with E-state index in [2.05, 4.69) is 6.92 Å². The summed E-state index contributed by atoms with van der Waals surface area (Å²) in [6, 6.07) is 0.437. The van der Waals surface area contributed by atoms with Gasteiger partial charge in [-0.2, -0.15) is 0 Å². The van der Waals surface area contributed by atoms with E-state index in [0.717, 1.165) is 25.8 Å². The topological polar surface area (TPSA) is 60.9 Å². The molecular weight excluding hydrogens is 232 g/mol. The van der Waals surface area contributed by atoms with Crippen LogP contribution in [0, 0.1) is 11.8 Å². The minimum atomic E-state index is -0.786. The summed E-state index contributed by atoms with van der Waals surface area (Å²) in [5.41, 5.74) is 0. The highest BCUT2D eigenvalue weighted by Gasteiger charge is 2.41. The van der Waals surface area contributed by atoms with Gasteiger partial charge < -0.3 is 14.9 Å². The summed E-state index contributed by atoms with van der Waals surface area (Å²) in [6.45, 7) is 5.69. The molecule has 2 atom stereocenters. The number of hydrogen-bond acceptors (Lipinski definition) is 2. The second-order valence-electron chi connectivity index (χ2n) is 5.53. The molecule has 2 rings (SSSR count). The summed E-state index contributed by atoms with van der Waals surface area (Å²) in [7, 11) is 0. The van der Waals surface area contributed by atoms with Gasteiger partial charge in [-0.15, -0.1) is 0 Å². The fraction of sp³-hybridized carbons (Fsp3) is 0.846. The van der Waals surface area contributed by atoms with Crippen molar-refractivity contribution in [1.29, 1.82) is 0 Å². The number of carbonyl (C=O) groups is 2. The molecule has 2 amide bonds. The fourth-order valence-electron chi connectivity index (χ4n) is 2.69. The molecule has 1 saturated heterocycles. The van der Waals surface area contributed by atoms with Crippen molar-refractivity contribution in [3.05, 3.63) is 0 Å². The monoisotopic (exact) mass is 254 g/mol. The first kappa shape index (κ1) is 13.2. The van der Waals surface area contributed by atoms with Gasteiger partial charge >= 0.3 is 12.0 Å². The molecule has 2 fully saturated rings. The van der Waals surface area contributed by atoms with Crippen LogP contribution in [0.3, 0.4) is 0 Å². The smallest absolute Gasteiger partial charge is 0.320 e. The highest BCUT2D eigenvalue weighted by atomic mass is 16.4. The summed E-state index contributed by atoms with van der Waals surface area (Å²) < 4.78 is 0. The summed E-state index contributed by atoms with van der Waals surface area (Å²) >= 11 is 0.